The summed E-state index contributed by atoms with van der Waals surface area (Å²) in [5, 5.41) is 9.25. The van der Waals surface area contributed by atoms with Gasteiger partial charge in [-0.15, -0.1) is 0 Å². The number of nitrogens with two attached hydrogens (primary N) is 1. The van der Waals surface area contributed by atoms with E-state index < -0.39 is 5.54 Å². The Bertz CT molecular complexity index is 368. The van der Waals surface area contributed by atoms with Gasteiger partial charge in [0.15, 0.2) is 0 Å². The van der Waals surface area contributed by atoms with E-state index in [1.54, 1.807) is 12.1 Å². The summed E-state index contributed by atoms with van der Waals surface area (Å²) in [6, 6.07) is 5.92. The molecule has 1 atom stereocenters. The topological polar surface area (TPSA) is 55.5 Å². The molecular formula is C12H16FNO2. The number of halogens is 1. The molecule has 1 aromatic rings. The normalized spacial score (nSPS) is 19.2. The fraction of sp³-hybridized carbons (Fsp3) is 0.500. The van der Waals surface area contributed by atoms with Gasteiger partial charge >= 0.3 is 0 Å². The van der Waals surface area contributed by atoms with E-state index in [9.17, 15) is 9.50 Å². The zero-order valence-electron chi connectivity index (χ0n) is 9.03. The molecule has 0 aromatic heterocycles. The lowest BCUT2D eigenvalue weighted by atomic mass is 9.97. The number of aliphatic hydroxyl groups excluding tert-OH is 1. The molecule has 88 valence electrons. The molecule has 0 radical (unpaired) electrons. The summed E-state index contributed by atoms with van der Waals surface area (Å²) in [5.41, 5.74) is 5.33. The van der Waals surface area contributed by atoms with Gasteiger partial charge in [0, 0.05) is 6.07 Å². The molecule has 4 heteroatoms. The van der Waals surface area contributed by atoms with Gasteiger partial charge in [-0.1, -0.05) is 6.07 Å². The highest BCUT2D eigenvalue weighted by molar-refractivity contribution is 5.22. The van der Waals surface area contributed by atoms with Gasteiger partial charge in [0.1, 0.15) is 18.2 Å². The zero-order chi connectivity index (χ0) is 11.6. The minimum atomic E-state index is -0.688. The Kier molecular flexibility index (Phi) is 3.12. The highest BCUT2D eigenvalue weighted by Crippen LogP contribution is 2.38. The summed E-state index contributed by atoms with van der Waals surface area (Å²) >= 11 is 0. The number of ether oxygens (including phenoxy) is 1. The third-order valence-corrected chi connectivity index (χ3v) is 2.99. The number of aliphatic hydroxyl groups is 1. The summed E-state index contributed by atoms with van der Waals surface area (Å²) in [6.45, 7) is 0.116. The van der Waals surface area contributed by atoms with Gasteiger partial charge in [-0.2, -0.15) is 0 Å². The molecule has 16 heavy (non-hydrogen) atoms. The first-order chi connectivity index (χ1) is 7.64. The number of benzene rings is 1. The van der Waals surface area contributed by atoms with Crippen molar-refractivity contribution >= 4 is 0 Å². The van der Waals surface area contributed by atoms with Gasteiger partial charge in [0.25, 0.3) is 0 Å². The third kappa shape index (κ3) is 2.51. The van der Waals surface area contributed by atoms with Gasteiger partial charge in [0.05, 0.1) is 12.1 Å². The van der Waals surface area contributed by atoms with Crippen molar-refractivity contribution < 1.29 is 14.2 Å². The molecule has 3 nitrogen and oxygen atoms in total. The molecular weight excluding hydrogens is 209 g/mol. The molecule has 2 rings (SSSR count). The first-order valence-electron chi connectivity index (χ1n) is 5.42. The van der Waals surface area contributed by atoms with Crippen LogP contribution in [-0.2, 0) is 0 Å². The molecule has 0 amide bonds. The summed E-state index contributed by atoms with van der Waals surface area (Å²) in [6.07, 6.45) is 2.06. The molecule has 3 N–H and O–H groups in total. The molecule has 0 heterocycles. The predicted octanol–water partition coefficient (Wildman–Crippen LogP) is 1.30. The van der Waals surface area contributed by atoms with Gasteiger partial charge in [-0.25, -0.2) is 4.39 Å². The van der Waals surface area contributed by atoms with Crippen molar-refractivity contribution in [2.75, 3.05) is 13.2 Å². The van der Waals surface area contributed by atoms with Crippen LogP contribution >= 0.6 is 0 Å². The second kappa shape index (κ2) is 4.39. The van der Waals surface area contributed by atoms with E-state index in [1.807, 2.05) is 0 Å². The highest BCUT2D eigenvalue weighted by Gasteiger charge is 2.42. The van der Waals surface area contributed by atoms with E-state index in [0.717, 1.165) is 12.8 Å². The van der Waals surface area contributed by atoms with E-state index in [4.69, 9.17) is 10.5 Å². The average Bonchev–Trinajstić information content (AvgIpc) is 3.10. The van der Waals surface area contributed by atoms with Crippen LogP contribution in [0.3, 0.4) is 0 Å². The monoisotopic (exact) mass is 225 g/mol. The van der Waals surface area contributed by atoms with Crippen LogP contribution in [0.1, 0.15) is 12.8 Å². The number of hydrogen-bond acceptors (Lipinski definition) is 3. The van der Waals surface area contributed by atoms with Crippen LogP contribution in [-0.4, -0.2) is 23.9 Å². The summed E-state index contributed by atoms with van der Waals surface area (Å²) in [4.78, 5) is 0. The standard InChI is InChI=1S/C12H16FNO2/c13-10-2-1-3-11(6-10)16-8-12(14,7-15)9-4-5-9/h1-3,6,9,15H,4-5,7-8,14H2. The van der Waals surface area contributed by atoms with Crippen molar-refractivity contribution in [2.24, 2.45) is 11.7 Å². The summed E-state index contributed by atoms with van der Waals surface area (Å²) in [7, 11) is 0. The first kappa shape index (κ1) is 11.4. The summed E-state index contributed by atoms with van der Waals surface area (Å²) in [5.74, 6) is 0.436. The molecule has 0 bridgehead atoms. The van der Waals surface area contributed by atoms with E-state index in [2.05, 4.69) is 0 Å². The molecule has 0 spiro atoms. The van der Waals surface area contributed by atoms with Crippen LogP contribution in [0.5, 0.6) is 5.75 Å². The number of rotatable bonds is 5. The molecule has 1 aromatic carbocycles. The van der Waals surface area contributed by atoms with Crippen LogP contribution in [0.15, 0.2) is 24.3 Å². The lowest BCUT2D eigenvalue weighted by Gasteiger charge is -2.27. The SMILES string of the molecule is NC(CO)(COc1cccc(F)c1)C1CC1. The van der Waals surface area contributed by atoms with E-state index in [0.29, 0.717) is 11.7 Å². The molecule has 1 fully saturated rings. The molecule has 1 saturated carbocycles. The van der Waals surface area contributed by atoms with Crippen molar-refractivity contribution in [1.29, 1.82) is 0 Å². The lowest BCUT2D eigenvalue weighted by molar-refractivity contribution is 0.116. The Balaban J connectivity index is 1.95. The third-order valence-electron chi connectivity index (χ3n) is 2.99. The predicted molar refractivity (Wildman–Crippen MR) is 58.6 cm³/mol. The van der Waals surface area contributed by atoms with E-state index in [-0.39, 0.29) is 19.0 Å². The fourth-order valence-electron chi connectivity index (χ4n) is 1.73. The Morgan fingerprint density at radius 1 is 1.50 bits per heavy atom. The van der Waals surface area contributed by atoms with Gasteiger partial charge in [-0.05, 0) is 30.9 Å². The average molecular weight is 225 g/mol. The van der Waals surface area contributed by atoms with Crippen LogP contribution in [0, 0.1) is 11.7 Å². The van der Waals surface area contributed by atoms with Gasteiger partial charge in [0.2, 0.25) is 0 Å². The molecule has 1 unspecified atom stereocenters. The van der Waals surface area contributed by atoms with E-state index >= 15 is 0 Å². The van der Waals surface area contributed by atoms with Crippen LogP contribution < -0.4 is 10.5 Å². The molecule has 1 aliphatic rings. The van der Waals surface area contributed by atoms with Gasteiger partial charge in [-0.3, -0.25) is 0 Å². The zero-order valence-corrected chi connectivity index (χ0v) is 9.03. The van der Waals surface area contributed by atoms with Gasteiger partial charge < -0.3 is 15.6 Å². The maximum absolute atomic E-state index is 12.9. The molecule has 1 aliphatic carbocycles. The van der Waals surface area contributed by atoms with Crippen molar-refractivity contribution in [3.8, 4) is 5.75 Å². The van der Waals surface area contributed by atoms with Crippen molar-refractivity contribution in [3.63, 3.8) is 0 Å². The Morgan fingerprint density at radius 3 is 2.81 bits per heavy atom. The number of hydrogen-bond donors (Lipinski definition) is 2. The first-order valence-corrected chi connectivity index (χ1v) is 5.42. The van der Waals surface area contributed by atoms with Crippen molar-refractivity contribution in [2.45, 2.75) is 18.4 Å². The van der Waals surface area contributed by atoms with Crippen LogP contribution in [0.25, 0.3) is 0 Å². The minimum Gasteiger partial charge on any atom is -0.491 e. The smallest absolute Gasteiger partial charge is 0.126 e. The maximum atomic E-state index is 12.9. The molecule has 0 saturated heterocycles. The van der Waals surface area contributed by atoms with E-state index in [1.165, 1.54) is 12.1 Å². The minimum absolute atomic E-state index is 0.104. The van der Waals surface area contributed by atoms with Crippen LogP contribution in [0.2, 0.25) is 0 Å². The maximum Gasteiger partial charge on any atom is 0.126 e. The second-order valence-corrected chi connectivity index (χ2v) is 4.41. The highest BCUT2D eigenvalue weighted by atomic mass is 19.1. The fourth-order valence-corrected chi connectivity index (χ4v) is 1.73. The summed E-state index contributed by atoms with van der Waals surface area (Å²) < 4.78 is 18.3. The Hall–Kier alpha value is -1.13. The lowest BCUT2D eigenvalue weighted by Crippen LogP contribution is -2.51. The molecule has 0 aliphatic heterocycles. The largest absolute Gasteiger partial charge is 0.491 e. The van der Waals surface area contributed by atoms with Crippen molar-refractivity contribution in [3.05, 3.63) is 30.1 Å². The van der Waals surface area contributed by atoms with Crippen LogP contribution in [0.4, 0.5) is 4.39 Å². The quantitative estimate of drug-likeness (QED) is 0.794. The van der Waals surface area contributed by atoms with Crippen molar-refractivity contribution in [1.82, 2.24) is 0 Å². The Labute approximate surface area is 94.0 Å². The Morgan fingerprint density at radius 2 is 2.25 bits per heavy atom. The second-order valence-electron chi connectivity index (χ2n) is 4.41.